The first-order chi connectivity index (χ1) is 9.31. The highest BCUT2D eigenvalue weighted by molar-refractivity contribution is 7.89. The zero-order chi connectivity index (χ0) is 14.9. The van der Waals surface area contributed by atoms with E-state index in [2.05, 4.69) is 0 Å². The molecule has 0 radical (unpaired) electrons. The van der Waals surface area contributed by atoms with Crippen LogP contribution in [-0.2, 0) is 14.8 Å². The Balaban J connectivity index is 2.29. The van der Waals surface area contributed by atoms with E-state index in [0.29, 0.717) is 13.1 Å². The molecule has 0 aromatic heterocycles. The summed E-state index contributed by atoms with van der Waals surface area (Å²) < 4.78 is 27.9. The molecule has 1 atom stereocenters. The molecule has 1 saturated heterocycles. The second kappa shape index (κ2) is 5.69. The van der Waals surface area contributed by atoms with Crippen molar-refractivity contribution in [3.8, 4) is 0 Å². The van der Waals surface area contributed by atoms with Crippen LogP contribution in [0, 0.1) is 0 Å². The molecule has 1 aliphatic heterocycles. The van der Waals surface area contributed by atoms with Gasteiger partial charge in [0, 0.05) is 30.8 Å². The maximum absolute atomic E-state index is 12.3. The lowest BCUT2D eigenvalue weighted by molar-refractivity contribution is 0.0724. The van der Waals surface area contributed by atoms with Gasteiger partial charge in [-0.2, -0.15) is 0 Å². The van der Waals surface area contributed by atoms with Crippen LogP contribution in [0.4, 0.5) is 0 Å². The van der Waals surface area contributed by atoms with Gasteiger partial charge in [-0.1, -0.05) is 11.6 Å². The van der Waals surface area contributed by atoms with Crippen molar-refractivity contribution < 1.29 is 17.9 Å². The van der Waals surface area contributed by atoms with Crippen molar-refractivity contribution in [2.45, 2.75) is 17.4 Å². The predicted octanol–water partition coefficient (Wildman–Crippen LogP) is 0.848. The Kier molecular flexibility index (Phi) is 4.33. The van der Waals surface area contributed by atoms with Gasteiger partial charge in [-0.15, -0.1) is 0 Å². The molecule has 0 bridgehead atoms. The number of carbonyl (C=O) groups is 1. The largest absolute Gasteiger partial charge is 0.380 e. The quantitative estimate of drug-likeness (QED) is 0.894. The molecule has 2 rings (SSSR count). The van der Waals surface area contributed by atoms with E-state index in [9.17, 15) is 13.2 Å². The number of sulfonamides is 1. The summed E-state index contributed by atoms with van der Waals surface area (Å²) in [7, 11) is -2.31. The number of rotatable bonds is 3. The first-order valence-corrected chi connectivity index (χ1v) is 7.89. The van der Waals surface area contributed by atoms with Crippen LogP contribution < -0.4 is 5.14 Å². The van der Waals surface area contributed by atoms with E-state index in [-0.39, 0.29) is 27.5 Å². The number of amides is 1. The van der Waals surface area contributed by atoms with Gasteiger partial charge in [0.25, 0.3) is 5.91 Å². The lowest BCUT2D eigenvalue weighted by Gasteiger charge is -2.16. The number of hydrogen-bond donors (Lipinski definition) is 1. The van der Waals surface area contributed by atoms with Crippen molar-refractivity contribution in [3.05, 3.63) is 28.8 Å². The average molecular weight is 319 g/mol. The average Bonchev–Trinajstić information content (AvgIpc) is 2.84. The van der Waals surface area contributed by atoms with Crippen molar-refractivity contribution in [2.24, 2.45) is 5.14 Å². The van der Waals surface area contributed by atoms with E-state index in [1.807, 2.05) is 0 Å². The molecule has 1 unspecified atom stereocenters. The number of nitrogens with two attached hydrogens (primary N) is 1. The Morgan fingerprint density at radius 1 is 1.45 bits per heavy atom. The normalized spacial score (nSPS) is 19.4. The third-order valence-corrected chi connectivity index (χ3v) is 4.32. The highest BCUT2D eigenvalue weighted by Gasteiger charge is 2.27. The number of hydrogen-bond acceptors (Lipinski definition) is 4. The Bertz CT molecular complexity index is 632. The number of halogens is 1. The first kappa shape index (κ1) is 15.2. The maximum atomic E-state index is 12.3. The Morgan fingerprint density at radius 3 is 2.70 bits per heavy atom. The molecule has 1 heterocycles. The van der Waals surface area contributed by atoms with Crippen molar-refractivity contribution in [2.75, 3.05) is 20.2 Å². The van der Waals surface area contributed by atoms with E-state index in [0.717, 1.165) is 6.42 Å². The van der Waals surface area contributed by atoms with Crippen molar-refractivity contribution in [1.29, 1.82) is 0 Å². The maximum Gasteiger partial charge on any atom is 0.254 e. The smallest absolute Gasteiger partial charge is 0.254 e. The van der Waals surface area contributed by atoms with Crippen LogP contribution >= 0.6 is 11.6 Å². The van der Waals surface area contributed by atoms with Gasteiger partial charge < -0.3 is 9.64 Å². The molecule has 1 fully saturated rings. The molecule has 20 heavy (non-hydrogen) atoms. The molecular formula is C12H15ClN2O4S. The van der Waals surface area contributed by atoms with E-state index in [1.165, 1.54) is 18.2 Å². The topological polar surface area (TPSA) is 89.7 Å². The van der Waals surface area contributed by atoms with Gasteiger partial charge in [0.05, 0.1) is 11.0 Å². The number of ether oxygens (including phenoxy) is 1. The predicted molar refractivity (Wildman–Crippen MR) is 74.1 cm³/mol. The van der Waals surface area contributed by atoms with Gasteiger partial charge >= 0.3 is 0 Å². The Hall–Kier alpha value is -1.15. The monoisotopic (exact) mass is 318 g/mol. The van der Waals surface area contributed by atoms with Gasteiger partial charge in [-0.25, -0.2) is 13.6 Å². The minimum atomic E-state index is -3.90. The van der Waals surface area contributed by atoms with Gasteiger partial charge in [0.1, 0.15) is 0 Å². The lowest BCUT2D eigenvalue weighted by atomic mass is 10.2. The molecule has 1 aliphatic rings. The molecule has 0 spiro atoms. The Labute approximate surface area is 122 Å². The van der Waals surface area contributed by atoms with Crippen LogP contribution in [0.1, 0.15) is 16.8 Å². The van der Waals surface area contributed by atoms with E-state index in [4.69, 9.17) is 21.5 Å². The fourth-order valence-electron chi connectivity index (χ4n) is 2.14. The fourth-order valence-corrected chi connectivity index (χ4v) is 3.02. The summed E-state index contributed by atoms with van der Waals surface area (Å²) >= 11 is 5.85. The number of carbonyl (C=O) groups excluding carboxylic acids is 1. The van der Waals surface area contributed by atoms with Crippen LogP contribution in [-0.4, -0.2) is 45.5 Å². The molecule has 1 aromatic carbocycles. The number of nitrogens with zero attached hydrogens (tertiary/aromatic N) is 1. The van der Waals surface area contributed by atoms with Gasteiger partial charge in [0.2, 0.25) is 10.0 Å². The summed E-state index contributed by atoms with van der Waals surface area (Å²) in [6, 6.07) is 3.89. The fraction of sp³-hybridized carbons (Fsp3) is 0.417. The molecule has 110 valence electrons. The van der Waals surface area contributed by atoms with Crippen LogP contribution in [0.15, 0.2) is 23.1 Å². The minimum Gasteiger partial charge on any atom is -0.380 e. The number of primary sulfonamides is 1. The van der Waals surface area contributed by atoms with Crippen molar-refractivity contribution in [1.82, 2.24) is 4.90 Å². The second-order valence-electron chi connectivity index (χ2n) is 4.62. The molecule has 1 amide bonds. The summed E-state index contributed by atoms with van der Waals surface area (Å²) in [4.78, 5) is 13.7. The zero-order valence-electron chi connectivity index (χ0n) is 10.9. The van der Waals surface area contributed by atoms with Crippen LogP contribution in [0.5, 0.6) is 0 Å². The SMILES string of the molecule is COC1CCN(C(=O)c2cc(Cl)cc(S(N)(=O)=O)c2)C1. The lowest BCUT2D eigenvalue weighted by Crippen LogP contribution is -2.30. The first-order valence-electron chi connectivity index (χ1n) is 5.96. The summed E-state index contributed by atoms with van der Waals surface area (Å²) in [5.74, 6) is -0.281. The van der Waals surface area contributed by atoms with Gasteiger partial charge in [-0.05, 0) is 24.6 Å². The summed E-state index contributed by atoms with van der Waals surface area (Å²) in [5, 5.41) is 5.22. The van der Waals surface area contributed by atoms with E-state index >= 15 is 0 Å². The number of benzene rings is 1. The molecular weight excluding hydrogens is 304 g/mol. The number of likely N-dealkylation sites (tertiary alicyclic amines) is 1. The molecule has 6 nitrogen and oxygen atoms in total. The third-order valence-electron chi connectivity index (χ3n) is 3.21. The minimum absolute atomic E-state index is 0.0100. The van der Waals surface area contributed by atoms with Gasteiger partial charge in [0.15, 0.2) is 0 Å². The van der Waals surface area contributed by atoms with Gasteiger partial charge in [-0.3, -0.25) is 4.79 Å². The van der Waals surface area contributed by atoms with Crippen LogP contribution in [0.2, 0.25) is 5.02 Å². The van der Waals surface area contributed by atoms with Crippen LogP contribution in [0.3, 0.4) is 0 Å². The zero-order valence-corrected chi connectivity index (χ0v) is 12.4. The van der Waals surface area contributed by atoms with E-state index in [1.54, 1.807) is 12.0 Å². The highest BCUT2D eigenvalue weighted by atomic mass is 35.5. The number of methoxy groups -OCH3 is 1. The van der Waals surface area contributed by atoms with Crippen LogP contribution in [0.25, 0.3) is 0 Å². The molecule has 0 saturated carbocycles. The Morgan fingerprint density at radius 2 is 2.15 bits per heavy atom. The van der Waals surface area contributed by atoms with E-state index < -0.39 is 10.0 Å². The molecule has 1 aromatic rings. The molecule has 2 N–H and O–H groups in total. The molecule has 0 aliphatic carbocycles. The van der Waals surface area contributed by atoms with Crippen molar-refractivity contribution in [3.63, 3.8) is 0 Å². The van der Waals surface area contributed by atoms with Crippen molar-refractivity contribution >= 4 is 27.5 Å². The molecule has 8 heteroatoms. The summed E-state index contributed by atoms with van der Waals surface area (Å²) in [6.45, 7) is 1.04. The highest BCUT2D eigenvalue weighted by Crippen LogP contribution is 2.21. The summed E-state index contributed by atoms with van der Waals surface area (Å²) in [6.07, 6.45) is 0.765. The third kappa shape index (κ3) is 3.29. The second-order valence-corrected chi connectivity index (χ2v) is 6.62. The summed E-state index contributed by atoms with van der Waals surface area (Å²) in [5.41, 5.74) is 0.207. The standard InChI is InChI=1S/C12H15ClN2O4S/c1-19-10-2-3-15(7-10)12(16)8-4-9(13)6-11(5-8)20(14,17)18/h4-6,10H,2-3,7H2,1H3,(H2,14,17,18).